The molecule has 5 heteroatoms. The Morgan fingerprint density at radius 3 is 2.93 bits per heavy atom. The highest BCUT2D eigenvalue weighted by Gasteiger charge is 2.12. The van der Waals surface area contributed by atoms with Crippen LogP contribution < -0.4 is 11.1 Å². The highest BCUT2D eigenvalue weighted by Crippen LogP contribution is 2.14. The van der Waals surface area contributed by atoms with Crippen molar-refractivity contribution >= 4 is 12.2 Å². The van der Waals surface area contributed by atoms with Crippen LogP contribution in [0.3, 0.4) is 0 Å². The van der Waals surface area contributed by atoms with E-state index < -0.39 is 0 Å². The summed E-state index contributed by atoms with van der Waals surface area (Å²) >= 11 is 5.12. The third kappa shape index (κ3) is 2.42. The minimum absolute atomic E-state index is 0.582. The van der Waals surface area contributed by atoms with Gasteiger partial charge in [-0.15, -0.1) is 0 Å². The van der Waals surface area contributed by atoms with Gasteiger partial charge in [-0.3, -0.25) is 0 Å². The number of H-pyrrole nitrogens is 1. The molecule has 2 rings (SSSR count). The van der Waals surface area contributed by atoms with E-state index in [0.29, 0.717) is 11.3 Å². The minimum Gasteiger partial charge on any atom is -0.334 e. The van der Waals surface area contributed by atoms with Crippen LogP contribution in [0.2, 0.25) is 0 Å². The van der Waals surface area contributed by atoms with Gasteiger partial charge in [-0.25, -0.2) is 4.98 Å². The van der Waals surface area contributed by atoms with Crippen LogP contribution in [0.4, 0.5) is 0 Å². The van der Waals surface area contributed by atoms with Gasteiger partial charge in [-0.1, -0.05) is 0 Å². The number of nitrogens with one attached hydrogen (secondary N) is 2. The third-order valence-electron chi connectivity index (χ3n) is 2.69. The van der Waals surface area contributed by atoms with Crippen molar-refractivity contribution in [3.63, 3.8) is 0 Å². The lowest BCUT2D eigenvalue weighted by molar-refractivity contribution is 0.707. The van der Waals surface area contributed by atoms with Gasteiger partial charge in [-0.05, 0) is 37.3 Å². The predicted molar refractivity (Wildman–Crippen MR) is 62.5 cm³/mol. The molecule has 0 aliphatic carbocycles. The van der Waals surface area contributed by atoms with Crippen molar-refractivity contribution in [2.24, 2.45) is 5.73 Å². The molecule has 2 heterocycles. The van der Waals surface area contributed by atoms with E-state index in [9.17, 15) is 0 Å². The molecular formula is C10H16N4S. The Balaban J connectivity index is 2.45. The summed E-state index contributed by atoms with van der Waals surface area (Å²) in [5.74, 6) is 0. The maximum absolute atomic E-state index is 5.58. The molecule has 0 spiro atoms. The molecule has 0 saturated heterocycles. The van der Waals surface area contributed by atoms with Gasteiger partial charge in [0.05, 0.1) is 0 Å². The summed E-state index contributed by atoms with van der Waals surface area (Å²) in [6, 6.07) is 0. The molecule has 1 aliphatic heterocycles. The summed E-state index contributed by atoms with van der Waals surface area (Å²) in [7, 11) is 0. The molecule has 1 aliphatic rings. The number of nitrogens with two attached hydrogens (primary N) is 1. The largest absolute Gasteiger partial charge is 0.334 e. The average Bonchev–Trinajstić information content (AvgIpc) is 2.43. The molecule has 0 atom stereocenters. The second-order valence-electron chi connectivity index (χ2n) is 3.73. The van der Waals surface area contributed by atoms with Crippen molar-refractivity contribution in [2.75, 3.05) is 19.6 Å². The Labute approximate surface area is 94.3 Å². The van der Waals surface area contributed by atoms with E-state index in [1.165, 1.54) is 11.3 Å². The summed E-state index contributed by atoms with van der Waals surface area (Å²) < 4.78 is 0.582. The van der Waals surface area contributed by atoms with Crippen LogP contribution in [0.1, 0.15) is 17.0 Å². The lowest BCUT2D eigenvalue weighted by Gasteiger charge is -2.10. The second-order valence-corrected chi connectivity index (χ2v) is 4.12. The van der Waals surface area contributed by atoms with Crippen molar-refractivity contribution in [2.45, 2.75) is 19.3 Å². The minimum atomic E-state index is 0.582. The van der Waals surface area contributed by atoms with Crippen LogP contribution in [0.15, 0.2) is 0 Å². The topological polar surface area (TPSA) is 66.7 Å². The van der Waals surface area contributed by atoms with Crippen molar-refractivity contribution < 1.29 is 0 Å². The molecular weight excluding hydrogens is 208 g/mol. The molecule has 1 aromatic heterocycles. The van der Waals surface area contributed by atoms with Gasteiger partial charge in [0.2, 0.25) is 0 Å². The van der Waals surface area contributed by atoms with Crippen LogP contribution in [0, 0.1) is 4.77 Å². The predicted octanol–water partition coefficient (Wildman–Crippen LogP) is 0.329. The number of hydrogen-bond donors (Lipinski definition) is 3. The fraction of sp³-hybridized carbons (Fsp3) is 0.600. The zero-order valence-corrected chi connectivity index (χ0v) is 9.49. The summed E-state index contributed by atoms with van der Waals surface area (Å²) in [5, 5.41) is 3.37. The Morgan fingerprint density at radius 2 is 2.13 bits per heavy atom. The van der Waals surface area contributed by atoms with Crippen LogP contribution in [0.5, 0.6) is 0 Å². The van der Waals surface area contributed by atoms with E-state index in [4.69, 9.17) is 18.0 Å². The van der Waals surface area contributed by atoms with Gasteiger partial charge in [0.25, 0.3) is 0 Å². The van der Waals surface area contributed by atoms with E-state index in [2.05, 4.69) is 15.3 Å². The van der Waals surface area contributed by atoms with Crippen molar-refractivity contribution in [3.05, 3.63) is 21.7 Å². The first kappa shape index (κ1) is 10.7. The summed E-state index contributed by atoms with van der Waals surface area (Å²) in [5.41, 5.74) is 9.22. The van der Waals surface area contributed by atoms with Crippen molar-refractivity contribution in [1.82, 2.24) is 15.3 Å². The molecule has 0 bridgehead atoms. The van der Waals surface area contributed by atoms with Crippen molar-refractivity contribution in [1.29, 1.82) is 0 Å². The van der Waals surface area contributed by atoms with Crippen LogP contribution in [-0.2, 0) is 19.3 Å². The number of rotatable bonds is 2. The molecule has 1 aromatic rings. The molecule has 82 valence electrons. The van der Waals surface area contributed by atoms with E-state index >= 15 is 0 Å². The smallest absolute Gasteiger partial charge is 0.197 e. The quantitative estimate of drug-likeness (QED) is 0.633. The number of aromatic nitrogens is 2. The number of nitrogens with zero attached hydrogens (tertiary/aromatic N) is 1. The van der Waals surface area contributed by atoms with E-state index in [0.717, 1.165) is 38.0 Å². The lowest BCUT2D eigenvalue weighted by Crippen LogP contribution is -2.16. The molecule has 4 N–H and O–H groups in total. The molecule has 0 amide bonds. The van der Waals surface area contributed by atoms with E-state index in [1.807, 2.05) is 0 Å². The fourth-order valence-corrected chi connectivity index (χ4v) is 2.23. The van der Waals surface area contributed by atoms with Gasteiger partial charge in [-0.2, -0.15) is 0 Å². The standard InChI is InChI=1S/C10H16N4S/c11-4-1-8-7-2-5-12-6-3-9(7)14-10(15)13-8/h12H,1-6,11H2,(H,13,14,15). The maximum Gasteiger partial charge on any atom is 0.197 e. The molecule has 0 unspecified atom stereocenters. The fourth-order valence-electron chi connectivity index (χ4n) is 2.00. The first-order valence-corrected chi connectivity index (χ1v) is 5.74. The summed E-state index contributed by atoms with van der Waals surface area (Å²) in [6.07, 6.45) is 2.84. The third-order valence-corrected chi connectivity index (χ3v) is 2.88. The van der Waals surface area contributed by atoms with Crippen molar-refractivity contribution in [3.8, 4) is 0 Å². The average molecular weight is 224 g/mol. The molecule has 0 radical (unpaired) electrons. The lowest BCUT2D eigenvalue weighted by atomic mass is 10.1. The van der Waals surface area contributed by atoms with Crippen LogP contribution in [-0.4, -0.2) is 29.6 Å². The van der Waals surface area contributed by atoms with Gasteiger partial charge in [0, 0.05) is 30.8 Å². The Bertz CT molecular complexity index is 399. The van der Waals surface area contributed by atoms with Crippen LogP contribution in [0.25, 0.3) is 0 Å². The van der Waals surface area contributed by atoms with Crippen LogP contribution >= 0.6 is 12.2 Å². The van der Waals surface area contributed by atoms with Gasteiger partial charge < -0.3 is 16.0 Å². The SMILES string of the molecule is NCCc1nc(=S)[nH]c2c1CCNCC2. The number of hydrogen-bond acceptors (Lipinski definition) is 4. The van der Waals surface area contributed by atoms with Gasteiger partial charge >= 0.3 is 0 Å². The normalized spacial score (nSPS) is 15.8. The Hall–Kier alpha value is -0.780. The van der Waals surface area contributed by atoms with E-state index in [1.54, 1.807) is 0 Å². The summed E-state index contributed by atoms with van der Waals surface area (Å²) in [6.45, 7) is 2.65. The van der Waals surface area contributed by atoms with Gasteiger partial charge in [0.1, 0.15) is 0 Å². The molecule has 4 nitrogen and oxygen atoms in total. The Kier molecular flexibility index (Phi) is 3.45. The van der Waals surface area contributed by atoms with Gasteiger partial charge in [0.15, 0.2) is 4.77 Å². The highest BCUT2D eigenvalue weighted by atomic mass is 32.1. The first-order chi connectivity index (χ1) is 7.31. The highest BCUT2D eigenvalue weighted by molar-refractivity contribution is 7.71. The maximum atomic E-state index is 5.58. The monoisotopic (exact) mass is 224 g/mol. The zero-order valence-electron chi connectivity index (χ0n) is 8.68. The molecule has 15 heavy (non-hydrogen) atoms. The second kappa shape index (κ2) is 4.83. The number of aromatic amines is 1. The first-order valence-electron chi connectivity index (χ1n) is 5.33. The molecule has 0 fully saturated rings. The van der Waals surface area contributed by atoms with E-state index in [-0.39, 0.29) is 0 Å². The summed E-state index contributed by atoms with van der Waals surface area (Å²) in [4.78, 5) is 7.56. The zero-order chi connectivity index (χ0) is 10.7. The molecule has 0 aromatic carbocycles. The number of fused-ring (bicyclic) bond motifs is 1. The molecule has 0 saturated carbocycles. The Morgan fingerprint density at radius 1 is 1.33 bits per heavy atom.